The van der Waals surface area contributed by atoms with Crippen LogP contribution in [-0.2, 0) is 25.5 Å². The van der Waals surface area contributed by atoms with Crippen LogP contribution in [0.2, 0.25) is 0 Å². The Hall–Kier alpha value is -3.52. The van der Waals surface area contributed by atoms with Crippen LogP contribution in [0.5, 0.6) is 0 Å². The summed E-state index contributed by atoms with van der Waals surface area (Å²) in [6, 6.07) is 10.1. The third-order valence-electron chi connectivity index (χ3n) is 4.52. The summed E-state index contributed by atoms with van der Waals surface area (Å²) in [5.74, 6) is -1.50. The molecule has 190 valence electrons. The molecule has 0 fully saturated rings. The van der Waals surface area contributed by atoms with Gasteiger partial charge in [-0.3, -0.25) is 0 Å². The van der Waals surface area contributed by atoms with E-state index in [1.807, 2.05) is 0 Å². The minimum Gasteiger partial charge on any atom is -0.461 e. The number of rotatable bonds is 7. The predicted molar refractivity (Wildman–Crippen MR) is 127 cm³/mol. The number of para-hydroxylation sites is 1. The first kappa shape index (κ1) is 27.1. The fourth-order valence-electron chi connectivity index (χ4n) is 2.84. The molecule has 0 radical (unpaired) electrons. The smallest absolute Gasteiger partial charge is 0.418 e. The predicted octanol–water partition coefficient (Wildman–Crippen LogP) is 4.41. The van der Waals surface area contributed by atoms with E-state index in [2.05, 4.69) is 31.1 Å². The van der Waals surface area contributed by atoms with E-state index in [1.165, 1.54) is 36.4 Å². The Labute approximate surface area is 211 Å². The number of sulfone groups is 1. The van der Waals surface area contributed by atoms with E-state index in [0.29, 0.717) is 0 Å². The minimum absolute atomic E-state index is 0.00935. The van der Waals surface area contributed by atoms with Gasteiger partial charge in [0.15, 0.2) is 9.84 Å². The van der Waals surface area contributed by atoms with Gasteiger partial charge in [-0.05, 0) is 53.2 Å². The van der Waals surface area contributed by atoms with Crippen LogP contribution in [0.25, 0.3) is 11.5 Å². The highest BCUT2D eigenvalue weighted by molar-refractivity contribution is 9.12. The van der Waals surface area contributed by atoms with Gasteiger partial charge in [-0.1, -0.05) is 18.2 Å². The van der Waals surface area contributed by atoms with Gasteiger partial charge in [0.05, 0.1) is 27.2 Å². The van der Waals surface area contributed by atoms with Crippen molar-refractivity contribution in [2.24, 2.45) is 10.7 Å². The van der Waals surface area contributed by atoms with Crippen molar-refractivity contribution in [1.82, 2.24) is 10.2 Å². The molecule has 0 aliphatic heterocycles. The number of nitrogens with zero attached hydrogens (tertiary/aromatic N) is 3. The average molecular weight is 587 g/mol. The fourth-order valence-corrected chi connectivity index (χ4v) is 3.93. The maximum absolute atomic E-state index is 13.6. The highest BCUT2D eigenvalue weighted by atomic mass is 79.9. The molecular formula is C22H18BrF3N4O5S. The molecule has 0 saturated heterocycles. The Balaban J connectivity index is 2.20. The number of ether oxygens (including phenoxy) is 1. The second-order valence-electron chi connectivity index (χ2n) is 7.14. The van der Waals surface area contributed by atoms with Gasteiger partial charge < -0.3 is 14.9 Å². The van der Waals surface area contributed by atoms with Crippen molar-refractivity contribution in [2.45, 2.75) is 18.0 Å². The fraction of sp³-hybridized carbons (Fsp3) is 0.182. The molecule has 3 rings (SSSR count). The Morgan fingerprint density at radius 1 is 1.17 bits per heavy atom. The van der Waals surface area contributed by atoms with Gasteiger partial charge in [-0.25, -0.2) is 18.2 Å². The Kier molecular flexibility index (Phi) is 7.99. The van der Waals surface area contributed by atoms with Crippen LogP contribution in [0.4, 0.5) is 18.9 Å². The number of aromatic nitrogens is 2. The van der Waals surface area contributed by atoms with Gasteiger partial charge >= 0.3 is 12.1 Å². The summed E-state index contributed by atoms with van der Waals surface area (Å²) in [7, 11) is -3.54. The summed E-state index contributed by atoms with van der Waals surface area (Å²) in [4.78, 5) is 16.2. The Morgan fingerprint density at radius 3 is 2.50 bits per heavy atom. The number of hydrogen-bond acceptors (Lipinski definition) is 9. The van der Waals surface area contributed by atoms with E-state index in [1.54, 1.807) is 6.92 Å². The van der Waals surface area contributed by atoms with Crippen LogP contribution in [0, 0.1) is 0 Å². The van der Waals surface area contributed by atoms with Gasteiger partial charge in [-0.2, -0.15) is 13.2 Å². The Bertz CT molecular complexity index is 1470. The first-order chi connectivity index (χ1) is 16.8. The van der Waals surface area contributed by atoms with E-state index < -0.39 is 44.8 Å². The number of aliphatic imine (C=N–C) groups is 1. The molecule has 1 aromatic heterocycles. The molecule has 14 heteroatoms. The first-order valence-electron chi connectivity index (χ1n) is 10.0. The molecule has 3 aromatic rings. The van der Waals surface area contributed by atoms with Gasteiger partial charge in [0.1, 0.15) is 11.4 Å². The van der Waals surface area contributed by atoms with Crippen LogP contribution < -0.4 is 5.73 Å². The second-order valence-corrected chi connectivity index (χ2v) is 9.94. The summed E-state index contributed by atoms with van der Waals surface area (Å²) in [5, 5.41) is 7.68. The van der Waals surface area contributed by atoms with Crippen molar-refractivity contribution in [3.63, 3.8) is 0 Å². The molecule has 0 aliphatic carbocycles. The van der Waals surface area contributed by atoms with Crippen molar-refractivity contribution in [3.05, 3.63) is 70.2 Å². The maximum Gasteiger partial charge on any atom is 0.418 e. The standard InChI is InChI=1S/C22H18BrF3N4O5S/c1-3-34-21(31)17(27)16(23)18(28-15-10-5-4-9-14(15)22(24,25)26)20-30-29-19(35-20)12-7-6-8-13(11-12)36(2,32)33/h4-11H,3,27H2,1-2H3. The largest absolute Gasteiger partial charge is 0.461 e. The van der Waals surface area contributed by atoms with E-state index >= 15 is 0 Å². The number of halogens is 4. The van der Waals surface area contributed by atoms with Crippen LogP contribution in [0.1, 0.15) is 18.4 Å². The minimum atomic E-state index is -4.74. The molecule has 2 N–H and O–H groups in total. The number of carbonyl (C=O) groups excluding carboxylic acids is 1. The summed E-state index contributed by atoms with van der Waals surface area (Å²) >= 11 is 3.09. The zero-order valence-electron chi connectivity index (χ0n) is 18.7. The summed E-state index contributed by atoms with van der Waals surface area (Å²) < 4.78 is 74.6. The molecule has 0 amide bonds. The number of hydrogen-bond donors (Lipinski definition) is 1. The number of nitrogens with two attached hydrogens (primary N) is 1. The molecule has 0 atom stereocenters. The summed E-state index contributed by atoms with van der Waals surface area (Å²) in [5.41, 5.74) is 3.63. The zero-order valence-corrected chi connectivity index (χ0v) is 21.1. The van der Waals surface area contributed by atoms with E-state index in [-0.39, 0.29) is 33.2 Å². The molecule has 0 aliphatic rings. The van der Waals surface area contributed by atoms with Crippen molar-refractivity contribution < 1.29 is 35.5 Å². The molecule has 36 heavy (non-hydrogen) atoms. The summed E-state index contributed by atoms with van der Waals surface area (Å²) in [6.45, 7) is 1.53. The lowest BCUT2D eigenvalue weighted by molar-refractivity contribution is -0.139. The van der Waals surface area contributed by atoms with Gasteiger partial charge in [0, 0.05) is 11.8 Å². The van der Waals surface area contributed by atoms with Crippen LogP contribution >= 0.6 is 15.9 Å². The third kappa shape index (κ3) is 6.18. The molecular weight excluding hydrogens is 569 g/mol. The third-order valence-corrected chi connectivity index (χ3v) is 6.43. The van der Waals surface area contributed by atoms with Gasteiger partial charge in [0.2, 0.25) is 5.89 Å². The topological polar surface area (TPSA) is 138 Å². The number of allylic oxidation sites excluding steroid dienone is 1. The highest BCUT2D eigenvalue weighted by Crippen LogP contribution is 2.37. The van der Waals surface area contributed by atoms with Gasteiger partial charge in [0.25, 0.3) is 5.89 Å². The number of carbonyl (C=O) groups is 1. The summed E-state index contributed by atoms with van der Waals surface area (Å²) in [6.07, 6.45) is -3.71. The Morgan fingerprint density at radius 2 is 1.86 bits per heavy atom. The van der Waals surface area contributed by atoms with Crippen LogP contribution in [0.3, 0.4) is 0 Å². The molecule has 0 spiro atoms. The van der Waals surface area contributed by atoms with Gasteiger partial charge in [-0.15, -0.1) is 10.2 Å². The molecule has 0 bridgehead atoms. The van der Waals surface area contributed by atoms with Crippen molar-refractivity contribution in [3.8, 4) is 11.5 Å². The van der Waals surface area contributed by atoms with E-state index in [0.717, 1.165) is 18.4 Å². The monoisotopic (exact) mass is 586 g/mol. The maximum atomic E-state index is 13.6. The lowest BCUT2D eigenvalue weighted by atomic mass is 10.1. The number of esters is 1. The normalized spacial score (nSPS) is 13.3. The molecule has 2 aromatic carbocycles. The number of benzene rings is 2. The van der Waals surface area contributed by atoms with Crippen molar-refractivity contribution in [1.29, 1.82) is 0 Å². The van der Waals surface area contributed by atoms with Crippen molar-refractivity contribution in [2.75, 3.05) is 12.9 Å². The highest BCUT2D eigenvalue weighted by Gasteiger charge is 2.34. The van der Waals surface area contributed by atoms with E-state index in [4.69, 9.17) is 14.9 Å². The van der Waals surface area contributed by atoms with Crippen LogP contribution in [0.15, 0.2) is 73.0 Å². The average Bonchev–Trinajstić information content (AvgIpc) is 3.31. The first-order valence-corrected chi connectivity index (χ1v) is 12.7. The molecule has 1 heterocycles. The quantitative estimate of drug-likeness (QED) is 0.244. The molecule has 0 unspecified atom stereocenters. The zero-order chi connectivity index (χ0) is 26.7. The number of alkyl halides is 3. The van der Waals surface area contributed by atoms with Crippen LogP contribution in [-0.4, -0.2) is 43.2 Å². The lowest BCUT2D eigenvalue weighted by Crippen LogP contribution is -2.19. The van der Waals surface area contributed by atoms with E-state index in [9.17, 15) is 26.4 Å². The SMILES string of the molecule is CCOC(=O)C(N)=C(Br)C(=Nc1ccccc1C(F)(F)F)c1nnc(-c2cccc(S(C)(=O)=O)c2)o1. The van der Waals surface area contributed by atoms with Crippen molar-refractivity contribution >= 4 is 43.1 Å². The lowest BCUT2D eigenvalue weighted by Gasteiger charge is -2.11. The molecule has 0 saturated carbocycles. The molecule has 9 nitrogen and oxygen atoms in total. The second kappa shape index (κ2) is 10.6.